The van der Waals surface area contributed by atoms with Gasteiger partial charge in [-0.25, -0.2) is 0 Å². The standard InChI is InChI=1S/C25H40N2O2/c1-18-12-19(14-21(13-18)29-7)24(4,5)26-22(28)15-25(6)16-27(17-25)20-8-10-23(2,3)11-9-20/h12-14,20H,8-11,15-17H2,1-7H3,(H,26,28). The van der Waals surface area contributed by atoms with Crippen LogP contribution in [0.5, 0.6) is 5.75 Å². The number of amides is 1. The summed E-state index contributed by atoms with van der Waals surface area (Å²) < 4.78 is 5.41. The Morgan fingerprint density at radius 3 is 2.38 bits per heavy atom. The number of benzene rings is 1. The summed E-state index contributed by atoms with van der Waals surface area (Å²) in [6.07, 6.45) is 5.84. The molecule has 0 radical (unpaired) electrons. The normalized spacial score (nSPS) is 22.0. The van der Waals surface area contributed by atoms with Crippen molar-refractivity contribution in [3.05, 3.63) is 29.3 Å². The second-order valence-electron chi connectivity index (χ2n) is 11.2. The van der Waals surface area contributed by atoms with Gasteiger partial charge in [-0.05, 0) is 75.1 Å². The number of carbonyl (C=O) groups is 1. The molecular formula is C25H40N2O2. The van der Waals surface area contributed by atoms with E-state index in [4.69, 9.17) is 4.74 Å². The lowest BCUT2D eigenvalue weighted by Crippen LogP contribution is -2.60. The Morgan fingerprint density at radius 2 is 1.79 bits per heavy atom. The van der Waals surface area contributed by atoms with E-state index in [1.54, 1.807) is 7.11 Å². The highest BCUT2D eigenvalue weighted by Crippen LogP contribution is 2.42. The van der Waals surface area contributed by atoms with Gasteiger partial charge in [0.15, 0.2) is 0 Å². The molecular weight excluding hydrogens is 360 g/mol. The summed E-state index contributed by atoms with van der Waals surface area (Å²) in [5, 5.41) is 3.27. The summed E-state index contributed by atoms with van der Waals surface area (Å²) in [5.74, 6) is 0.974. The molecule has 3 rings (SSSR count). The summed E-state index contributed by atoms with van der Waals surface area (Å²) in [5.41, 5.74) is 2.39. The third-order valence-corrected chi connectivity index (χ3v) is 7.04. The van der Waals surface area contributed by atoms with Gasteiger partial charge < -0.3 is 10.1 Å². The molecule has 0 bridgehead atoms. The lowest BCUT2D eigenvalue weighted by Gasteiger charge is -2.53. The number of methoxy groups -OCH3 is 1. The molecule has 2 fully saturated rings. The van der Waals surface area contributed by atoms with Crippen molar-refractivity contribution >= 4 is 5.91 Å². The smallest absolute Gasteiger partial charge is 0.221 e. The van der Waals surface area contributed by atoms with E-state index in [0.717, 1.165) is 36.0 Å². The molecule has 1 heterocycles. The lowest BCUT2D eigenvalue weighted by atomic mass is 9.71. The van der Waals surface area contributed by atoms with E-state index in [0.29, 0.717) is 11.8 Å². The maximum absolute atomic E-state index is 12.9. The van der Waals surface area contributed by atoms with Crippen LogP contribution in [-0.2, 0) is 10.3 Å². The molecule has 1 amide bonds. The van der Waals surface area contributed by atoms with Crippen molar-refractivity contribution in [2.24, 2.45) is 10.8 Å². The van der Waals surface area contributed by atoms with Crippen molar-refractivity contribution in [2.75, 3.05) is 20.2 Å². The van der Waals surface area contributed by atoms with Gasteiger partial charge in [-0.1, -0.05) is 26.8 Å². The Morgan fingerprint density at radius 1 is 1.17 bits per heavy atom. The fourth-order valence-electron chi connectivity index (χ4n) is 5.13. The third-order valence-electron chi connectivity index (χ3n) is 7.04. The predicted octanol–water partition coefficient (Wildman–Crippen LogP) is 5.04. The van der Waals surface area contributed by atoms with E-state index >= 15 is 0 Å². The van der Waals surface area contributed by atoms with Gasteiger partial charge in [0, 0.05) is 31.0 Å². The van der Waals surface area contributed by atoms with Crippen molar-refractivity contribution < 1.29 is 9.53 Å². The fourth-order valence-corrected chi connectivity index (χ4v) is 5.13. The molecule has 2 aliphatic rings. The molecule has 1 aliphatic carbocycles. The Hall–Kier alpha value is -1.55. The largest absolute Gasteiger partial charge is 0.497 e. The molecule has 4 nitrogen and oxygen atoms in total. The molecule has 1 aromatic rings. The Bertz CT molecular complexity index is 737. The second kappa shape index (κ2) is 7.94. The average molecular weight is 401 g/mol. The first-order chi connectivity index (χ1) is 13.4. The number of rotatable bonds is 6. The second-order valence-corrected chi connectivity index (χ2v) is 11.2. The monoisotopic (exact) mass is 400 g/mol. The number of hydrogen-bond acceptors (Lipinski definition) is 3. The van der Waals surface area contributed by atoms with Crippen molar-refractivity contribution in [1.29, 1.82) is 0 Å². The van der Waals surface area contributed by atoms with Crippen LogP contribution in [0.3, 0.4) is 0 Å². The highest BCUT2D eigenvalue weighted by atomic mass is 16.5. The summed E-state index contributed by atoms with van der Waals surface area (Å²) in [6.45, 7) is 15.3. The van der Waals surface area contributed by atoms with Gasteiger partial charge in [-0.3, -0.25) is 9.69 Å². The summed E-state index contributed by atoms with van der Waals surface area (Å²) >= 11 is 0. The van der Waals surface area contributed by atoms with Gasteiger partial charge >= 0.3 is 0 Å². The van der Waals surface area contributed by atoms with Crippen LogP contribution in [0.4, 0.5) is 0 Å². The van der Waals surface area contributed by atoms with Gasteiger partial charge in [-0.15, -0.1) is 0 Å². The maximum atomic E-state index is 12.9. The fraction of sp³-hybridized carbons (Fsp3) is 0.720. The molecule has 29 heavy (non-hydrogen) atoms. The zero-order valence-electron chi connectivity index (χ0n) is 19.5. The van der Waals surface area contributed by atoms with Crippen LogP contribution in [0.25, 0.3) is 0 Å². The number of nitrogens with zero attached hydrogens (tertiary/aromatic N) is 1. The molecule has 4 heteroatoms. The molecule has 0 unspecified atom stereocenters. The zero-order valence-corrected chi connectivity index (χ0v) is 19.5. The van der Waals surface area contributed by atoms with E-state index in [2.05, 4.69) is 57.8 Å². The van der Waals surface area contributed by atoms with Crippen LogP contribution < -0.4 is 10.1 Å². The van der Waals surface area contributed by atoms with E-state index in [-0.39, 0.29) is 11.3 Å². The van der Waals surface area contributed by atoms with Gasteiger partial charge in [-0.2, -0.15) is 0 Å². The minimum absolute atomic E-state index is 0.0947. The summed E-state index contributed by atoms with van der Waals surface area (Å²) in [4.78, 5) is 15.5. The number of ether oxygens (including phenoxy) is 1. The van der Waals surface area contributed by atoms with Gasteiger partial charge in [0.2, 0.25) is 5.91 Å². The van der Waals surface area contributed by atoms with Gasteiger partial charge in [0.1, 0.15) is 5.75 Å². The molecule has 0 aromatic heterocycles. The predicted molar refractivity (Wildman–Crippen MR) is 119 cm³/mol. The minimum atomic E-state index is -0.425. The molecule has 1 saturated heterocycles. The Kier molecular flexibility index (Phi) is 6.06. The first-order valence-corrected chi connectivity index (χ1v) is 11.1. The quantitative estimate of drug-likeness (QED) is 0.728. The van der Waals surface area contributed by atoms with E-state index < -0.39 is 5.54 Å². The molecule has 1 aliphatic heterocycles. The average Bonchev–Trinajstić information content (AvgIpc) is 2.58. The number of aryl methyl sites for hydroxylation is 1. The zero-order chi connectivity index (χ0) is 21.4. The molecule has 1 N–H and O–H groups in total. The SMILES string of the molecule is COc1cc(C)cc(C(C)(C)NC(=O)CC2(C)CN(C3CCC(C)(C)CC3)C2)c1. The van der Waals surface area contributed by atoms with Crippen LogP contribution in [0.2, 0.25) is 0 Å². The first-order valence-electron chi connectivity index (χ1n) is 11.1. The van der Waals surface area contributed by atoms with Crippen molar-refractivity contribution in [1.82, 2.24) is 10.2 Å². The van der Waals surface area contributed by atoms with Crippen molar-refractivity contribution in [3.63, 3.8) is 0 Å². The third kappa shape index (κ3) is 5.33. The topological polar surface area (TPSA) is 41.6 Å². The highest BCUT2D eigenvalue weighted by molar-refractivity contribution is 5.78. The molecule has 0 atom stereocenters. The van der Waals surface area contributed by atoms with Crippen LogP contribution >= 0.6 is 0 Å². The van der Waals surface area contributed by atoms with Crippen LogP contribution in [0.15, 0.2) is 18.2 Å². The van der Waals surface area contributed by atoms with Crippen molar-refractivity contribution in [3.8, 4) is 5.75 Å². The number of nitrogens with one attached hydrogen (secondary N) is 1. The molecule has 162 valence electrons. The minimum Gasteiger partial charge on any atom is -0.497 e. The molecule has 1 aromatic carbocycles. The first kappa shape index (κ1) is 22.1. The Balaban J connectivity index is 1.54. The van der Waals surface area contributed by atoms with Crippen LogP contribution in [0, 0.1) is 17.8 Å². The van der Waals surface area contributed by atoms with E-state index in [1.165, 1.54) is 25.7 Å². The maximum Gasteiger partial charge on any atom is 0.221 e. The van der Waals surface area contributed by atoms with Gasteiger partial charge in [0.25, 0.3) is 0 Å². The molecule has 1 saturated carbocycles. The number of hydrogen-bond donors (Lipinski definition) is 1. The number of carbonyl (C=O) groups excluding carboxylic acids is 1. The summed E-state index contributed by atoms with van der Waals surface area (Å²) in [7, 11) is 1.68. The lowest BCUT2D eigenvalue weighted by molar-refractivity contribution is -0.129. The van der Waals surface area contributed by atoms with Crippen LogP contribution in [0.1, 0.15) is 77.8 Å². The number of likely N-dealkylation sites (tertiary alicyclic amines) is 1. The molecule has 0 spiro atoms. The van der Waals surface area contributed by atoms with Crippen molar-refractivity contribution in [2.45, 2.75) is 85.2 Å². The van der Waals surface area contributed by atoms with Crippen LogP contribution in [-0.4, -0.2) is 37.0 Å². The van der Waals surface area contributed by atoms with Gasteiger partial charge in [0.05, 0.1) is 12.6 Å². The Labute approximate surface area is 177 Å². The highest BCUT2D eigenvalue weighted by Gasteiger charge is 2.44. The van der Waals surface area contributed by atoms with E-state index in [9.17, 15) is 4.79 Å². The van der Waals surface area contributed by atoms with E-state index in [1.807, 2.05) is 12.1 Å². The summed E-state index contributed by atoms with van der Waals surface area (Å²) in [6, 6.07) is 6.87.